The molecule has 0 aliphatic heterocycles. The highest BCUT2D eigenvalue weighted by Crippen LogP contribution is 2.70. The van der Waals surface area contributed by atoms with Gasteiger partial charge in [-0.2, -0.15) is 22.0 Å². The zero-order valence-electron chi connectivity index (χ0n) is 22.0. The molecular weight excluding hydrogens is 541 g/mol. The molecule has 0 aromatic heterocycles. The molecular formula is C28H32F5NO4S. The summed E-state index contributed by atoms with van der Waals surface area (Å²) in [4.78, 5) is 12.2. The summed E-state index contributed by atoms with van der Waals surface area (Å²) in [7, 11) is -0.956. The maximum atomic E-state index is 15.1. The second kappa shape index (κ2) is 8.94. The summed E-state index contributed by atoms with van der Waals surface area (Å²) in [5.74, 6) is -6.85. The summed E-state index contributed by atoms with van der Waals surface area (Å²) >= 11 is 0. The van der Waals surface area contributed by atoms with Crippen molar-refractivity contribution in [2.45, 2.75) is 80.4 Å². The maximum absolute atomic E-state index is 15.1. The predicted molar refractivity (Wildman–Crippen MR) is 134 cm³/mol. The number of fused-ring (bicyclic) bond motifs is 4. The van der Waals surface area contributed by atoms with E-state index in [2.05, 4.69) is 0 Å². The maximum Gasteiger partial charge on any atom is 0.456 e. The lowest BCUT2D eigenvalue weighted by molar-refractivity contribution is -0.362. The molecule has 5 rings (SSSR count). The van der Waals surface area contributed by atoms with Crippen molar-refractivity contribution in [3.63, 3.8) is 0 Å². The molecule has 0 saturated heterocycles. The fraction of sp³-hybridized carbons (Fsp3) is 0.607. The average molecular weight is 574 g/mol. The second-order valence-electron chi connectivity index (χ2n) is 11.8. The zero-order chi connectivity index (χ0) is 28.8. The first-order chi connectivity index (χ1) is 18.0. The van der Waals surface area contributed by atoms with Gasteiger partial charge in [0.2, 0.25) is 10.0 Å². The van der Waals surface area contributed by atoms with Crippen LogP contribution < -0.4 is 0 Å². The first-order valence-electron chi connectivity index (χ1n) is 13.1. The summed E-state index contributed by atoms with van der Waals surface area (Å²) in [5, 5.41) is 11.3. The summed E-state index contributed by atoms with van der Waals surface area (Å²) in [6, 6.07) is 5.98. The van der Waals surface area contributed by atoms with Crippen LogP contribution in [-0.2, 0) is 14.8 Å². The predicted octanol–water partition coefficient (Wildman–Crippen LogP) is 5.77. The van der Waals surface area contributed by atoms with Crippen molar-refractivity contribution >= 4 is 15.8 Å². The van der Waals surface area contributed by atoms with Gasteiger partial charge in [-0.05, 0) is 85.3 Å². The first-order valence-corrected chi connectivity index (χ1v) is 14.6. The number of sulfonamides is 1. The van der Waals surface area contributed by atoms with Crippen molar-refractivity contribution in [1.82, 2.24) is 4.31 Å². The number of allylic oxidation sites excluding steroid dienone is 4. The van der Waals surface area contributed by atoms with Gasteiger partial charge in [0.05, 0.1) is 4.90 Å². The minimum atomic E-state index is -5.91. The molecule has 5 nitrogen and oxygen atoms in total. The Bertz CT molecular complexity index is 1360. The van der Waals surface area contributed by atoms with Crippen molar-refractivity contribution in [3.05, 3.63) is 52.6 Å². The number of carbonyl (C=O) groups is 1. The highest BCUT2D eigenvalue weighted by Gasteiger charge is 2.79. The van der Waals surface area contributed by atoms with E-state index < -0.39 is 51.4 Å². The van der Waals surface area contributed by atoms with Gasteiger partial charge >= 0.3 is 12.1 Å². The molecule has 2 fully saturated rings. The summed E-state index contributed by atoms with van der Waals surface area (Å²) in [5.41, 5.74) is -1.68. The second-order valence-corrected chi connectivity index (χ2v) is 14.0. The molecule has 1 aromatic carbocycles. The van der Waals surface area contributed by atoms with Gasteiger partial charge in [-0.3, -0.25) is 4.79 Å². The van der Waals surface area contributed by atoms with Crippen LogP contribution in [0.25, 0.3) is 0 Å². The molecule has 214 valence electrons. The molecule has 0 radical (unpaired) electrons. The summed E-state index contributed by atoms with van der Waals surface area (Å²) in [6.45, 7) is 1.36. The Morgan fingerprint density at radius 3 is 2.23 bits per heavy atom. The van der Waals surface area contributed by atoms with Crippen molar-refractivity contribution < 1.29 is 40.3 Å². The fourth-order valence-corrected chi connectivity index (χ4v) is 8.70. The topological polar surface area (TPSA) is 74.7 Å². The highest BCUT2D eigenvalue weighted by atomic mass is 32.2. The molecule has 4 aliphatic rings. The first kappa shape index (κ1) is 28.4. The van der Waals surface area contributed by atoms with Gasteiger partial charge in [-0.15, -0.1) is 0 Å². The van der Waals surface area contributed by atoms with Gasteiger partial charge < -0.3 is 5.11 Å². The standard InChI is InChI=1S/C28H32F5NO4S/c1-25-15-22(16-4-8-19(9-5-16)39(37,38)34(2)3)24-20-11-7-18(35)14-17(20)6-10-21(24)23(25)12-13-26(25,36)27(29,30)28(31,32)33/h4-5,8-9,14,21-23,36H,6-7,10-13,15H2,1-3H3/t21?,22-,23?,25-,26-/m0/s1. The highest BCUT2D eigenvalue weighted by molar-refractivity contribution is 7.89. The van der Waals surface area contributed by atoms with E-state index in [-0.39, 0.29) is 29.4 Å². The van der Waals surface area contributed by atoms with Gasteiger partial charge in [-0.25, -0.2) is 12.7 Å². The lowest BCUT2D eigenvalue weighted by atomic mass is 9.50. The number of carbonyl (C=O) groups excluding carboxylic acids is 1. The normalized spacial score (nSPS) is 33.5. The number of aliphatic hydroxyl groups is 1. The summed E-state index contributed by atoms with van der Waals surface area (Å²) in [6.07, 6.45) is -3.34. The van der Waals surface area contributed by atoms with Crippen molar-refractivity contribution in [1.29, 1.82) is 0 Å². The van der Waals surface area contributed by atoms with Crippen LogP contribution in [-0.4, -0.2) is 55.4 Å². The van der Waals surface area contributed by atoms with Crippen LogP contribution in [0.3, 0.4) is 0 Å². The zero-order valence-corrected chi connectivity index (χ0v) is 22.8. The minimum absolute atomic E-state index is 0.00306. The van der Waals surface area contributed by atoms with Crippen molar-refractivity contribution in [3.8, 4) is 0 Å². The van der Waals surface area contributed by atoms with Crippen LogP contribution in [0.15, 0.2) is 52.0 Å². The van der Waals surface area contributed by atoms with E-state index in [0.29, 0.717) is 31.2 Å². The number of rotatable bonds is 4. The van der Waals surface area contributed by atoms with E-state index in [0.717, 1.165) is 21.0 Å². The van der Waals surface area contributed by atoms with E-state index in [1.54, 1.807) is 18.2 Å². The van der Waals surface area contributed by atoms with E-state index in [1.807, 2.05) is 0 Å². The van der Waals surface area contributed by atoms with Crippen molar-refractivity contribution in [2.75, 3.05) is 14.1 Å². The molecule has 4 aliphatic carbocycles. The lowest BCUT2D eigenvalue weighted by Gasteiger charge is -2.56. The number of hydrogen-bond acceptors (Lipinski definition) is 4. The lowest BCUT2D eigenvalue weighted by Crippen LogP contribution is -2.65. The molecule has 2 unspecified atom stereocenters. The molecule has 0 bridgehead atoms. The van der Waals surface area contributed by atoms with Crippen LogP contribution in [0.1, 0.15) is 63.4 Å². The third-order valence-electron chi connectivity index (χ3n) is 9.82. The third kappa shape index (κ3) is 3.97. The molecule has 11 heteroatoms. The van der Waals surface area contributed by atoms with Gasteiger partial charge in [0.25, 0.3) is 0 Å². The minimum Gasteiger partial charge on any atom is -0.383 e. The van der Waals surface area contributed by atoms with Crippen molar-refractivity contribution in [2.24, 2.45) is 17.3 Å². The van der Waals surface area contributed by atoms with Gasteiger partial charge in [0, 0.05) is 31.8 Å². The molecule has 0 spiro atoms. The molecule has 1 aromatic rings. The number of halogens is 5. The number of benzene rings is 1. The molecule has 5 atom stereocenters. The van der Waals surface area contributed by atoms with Gasteiger partial charge in [0.15, 0.2) is 5.78 Å². The molecule has 0 heterocycles. The van der Waals surface area contributed by atoms with Crippen LogP contribution in [0.5, 0.6) is 0 Å². The number of hydrogen-bond donors (Lipinski definition) is 1. The molecule has 1 N–H and O–H groups in total. The van der Waals surface area contributed by atoms with E-state index in [9.17, 15) is 31.5 Å². The van der Waals surface area contributed by atoms with Crippen LogP contribution in [0, 0.1) is 17.3 Å². The molecule has 0 amide bonds. The Kier molecular flexibility index (Phi) is 6.52. The Labute approximate surface area is 224 Å². The Balaban J connectivity index is 1.68. The smallest absolute Gasteiger partial charge is 0.383 e. The Morgan fingerprint density at radius 2 is 1.64 bits per heavy atom. The quantitative estimate of drug-likeness (QED) is 0.465. The number of ketones is 1. The SMILES string of the molecule is CN(C)S(=O)(=O)c1ccc([C@@H]2C[C@@]3(C)C(CC[C@@]3(O)C(F)(F)C(F)(F)F)C3CCC4=CC(=O)CCC4=C32)cc1. The third-order valence-corrected chi connectivity index (χ3v) is 11.7. The van der Waals surface area contributed by atoms with Gasteiger partial charge in [0.1, 0.15) is 5.60 Å². The van der Waals surface area contributed by atoms with Crippen LogP contribution in [0.2, 0.25) is 0 Å². The van der Waals surface area contributed by atoms with Crippen LogP contribution >= 0.6 is 0 Å². The monoisotopic (exact) mass is 573 g/mol. The average Bonchev–Trinajstić information content (AvgIpc) is 3.14. The largest absolute Gasteiger partial charge is 0.456 e. The Morgan fingerprint density at radius 1 is 1.00 bits per heavy atom. The molecule has 39 heavy (non-hydrogen) atoms. The van der Waals surface area contributed by atoms with E-state index in [4.69, 9.17) is 0 Å². The summed E-state index contributed by atoms with van der Waals surface area (Å²) < 4.78 is 97.4. The number of alkyl halides is 5. The van der Waals surface area contributed by atoms with E-state index in [1.165, 1.54) is 33.2 Å². The number of nitrogens with zero attached hydrogens (tertiary/aromatic N) is 1. The Hall–Kier alpha value is -2.11. The van der Waals surface area contributed by atoms with E-state index >= 15 is 8.78 Å². The van der Waals surface area contributed by atoms with Gasteiger partial charge in [-0.1, -0.05) is 24.6 Å². The fourth-order valence-electron chi connectivity index (χ4n) is 7.80. The molecule has 2 saturated carbocycles. The van der Waals surface area contributed by atoms with Crippen LogP contribution in [0.4, 0.5) is 22.0 Å².